The summed E-state index contributed by atoms with van der Waals surface area (Å²) in [5.74, 6) is 0.993. The second-order valence-corrected chi connectivity index (χ2v) is 5.99. The number of nitrogens with one attached hydrogen (secondary N) is 1. The second kappa shape index (κ2) is 6.57. The van der Waals surface area contributed by atoms with Crippen LogP contribution in [0.1, 0.15) is 32.0 Å². The molecule has 0 bridgehead atoms. The topological polar surface area (TPSA) is 46.9 Å². The average Bonchev–Trinajstić information content (AvgIpc) is 2.77. The molecule has 3 rings (SSSR count). The van der Waals surface area contributed by atoms with Crippen LogP contribution in [-0.4, -0.2) is 22.6 Å². The number of hydrogen-bond donors (Lipinski definition) is 1. The molecule has 0 saturated carbocycles. The first-order valence-corrected chi connectivity index (χ1v) is 8.08. The molecule has 1 saturated heterocycles. The minimum Gasteiger partial charge on any atom is -0.317 e. The largest absolute Gasteiger partial charge is 0.317 e. The first kappa shape index (κ1) is 15.2. The fourth-order valence-electron chi connectivity index (χ4n) is 3.27. The maximum atomic E-state index is 13.4. The highest BCUT2D eigenvalue weighted by atomic mass is 19.1. The van der Waals surface area contributed by atoms with Gasteiger partial charge in [0.1, 0.15) is 11.6 Å². The van der Waals surface area contributed by atoms with Gasteiger partial charge in [-0.1, -0.05) is 0 Å². The minimum atomic E-state index is -0.392. The van der Waals surface area contributed by atoms with Crippen molar-refractivity contribution in [3.63, 3.8) is 0 Å². The summed E-state index contributed by atoms with van der Waals surface area (Å²) in [6.45, 7) is 4.60. The number of hydrogen-bond acceptors (Lipinski definition) is 3. The molecule has 1 aliphatic heterocycles. The molecule has 4 nitrogen and oxygen atoms in total. The Kier molecular flexibility index (Phi) is 4.52. The first-order valence-electron chi connectivity index (χ1n) is 8.08. The predicted molar refractivity (Wildman–Crippen MR) is 85.5 cm³/mol. The quantitative estimate of drug-likeness (QED) is 0.947. The third-order valence-electron chi connectivity index (χ3n) is 4.48. The lowest BCUT2D eigenvalue weighted by Gasteiger charge is -2.17. The molecule has 1 fully saturated rings. The molecule has 0 spiro atoms. The molecule has 0 aliphatic carbocycles. The second-order valence-electron chi connectivity index (χ2n) is 5.99. The molecule has 2 aromatic rings. The molecule has 1 N–H and O–H groups in total. The van der Waals surface area contributed by atoms with E-state index in [-0.39, 0.29) is 5.56 Å². The van der Waals surface area contributed by atoms with Gasteiger partial charge in [-0.05, 0) is 63.4 Å². The molecule has 1 aliphatic rings. The molecular weight excluding hydrogens is 281 g/mol. The molecule has 5 heteroatoms. The van der Waals surface area contributed by atoms with Crippen molar-refractivity contribution in [2.24, 2.45) is 5.92 Å². The van der Waals surface area contributed by atoms with Crippen LogP contribution in [0, 0.1) is 11.7 Å². The van der Waals surface area contributed by atoms with Crippen molar-refractivity contribution in [3.05, 3.63) is 40.2 Å². The molecule has 2 heterocycles. The summed E-state index contributed by atoms with van der Waals surface area (Å²) >= 11 is 0. The van der Waals surface area contributed by atoms with E-state index >= 15 is 0 Å². The number of nitrogens with zero attached hydrogens (tertiary/aromatic N) is 2. The van der Waals surface area contributed by atoms with Crippen molar-refractivity contribution in [2.45, 2.75) is 39.2 Å². The third-order valence-corrected chi connectivity index (χ3v) is 4.48. The zero-order valence-corrected chi connectivity index (χ0v) is 12.9. The van der Waals surface area contributed by atoms with Gasteiger partial charge in [0, 0.05) is 13.0 Å². The summed E-state index contributed by atoms with van der Waals surface area (Å²) in [6.07, 6.45) is 4.26. The van der Waals surface area contributed by atoms with Crippen LogP contribution in [0.4, 0.5) is 4.39 Å². The van der Waals surface area contributed by atoms with Gasteiger partial charge in [-0.3, -0.25) is 9.36 Å². The number of benzene rings is 1. The normalized spacial score (nSPS) is 19.3. The van der Waals surface area contributed by atoms with Gasteiger partial charge in [0.25, 0.3) is 5.56 Å². The number of fused-ring (bicyclic) bond motifs is 1. The SMILES string of the molecule is CCn1c(CC2CCCNCC2)nc2ccc(F)cc2c1=O. The Morgan fingerprint density at radius 3 is 3.05 bits per heavy atom. The van der Waals surface area contributed by atoms with Crippen LogP contribution in [0.3, 0.4) is 0 Å². The standard InChI is InChI=1S/C17H22FN3O/c1-2-21-16(10-12-4-3-8-19-9-7-12)20-15-6-5-13(18)11-14(15)17(21)22/h5-6,11-12,19H,2-4,7-10H2,1H3. The van der Waals surface area contributed by atoms with Crippen molar-refractivity contribution in [2.75, 3.05) is 13.1 Å². The van der Waals surface area contributed by atoms with E-state index in [1.54, 1.807) is 10.6 Å². The average molecular weight is 303 g/mol. The van der Waals surface area contributed by atoms with E-state index in [4.69, 9.17) is 0 Å². The van der Waals surface area contributed by atoms with Crippen LogP contribution in [0.25, 0.3) is 10.9 Å². The lowest BCUT2D eigenvalue weighted by Crippen LogP contribution is -2.26. The van der Waals surface area contributed by atoms with Crippen molar-refractivity contribution < 1.29 is 4.39 Å². The van der Waals surface area contributed by atoms with Crippen LogP contribution in [0.5, 0.6) is 0 Å². The van der Waals surface area contributed by atoms with Crippen LogP contribution < -0.4 is 10.9 Å². The third kappa shape index (κ3) is 3.04. The number of halogens is 1. The van der Waals surface area contributed by atoms with Crippen molar-refractivity contribution in [1.82, 2.24) is 14.9 Å². The van der Waals surface area contributed by atoms with Crippen LogP contribution in [0.15, 0.2) is 23.0 Å². The van der Waals surface area contributed by atoms with Gasteiger partial charge in [-0.15, -0.1) is 0 Å². The molecule has 0 radical (unpaired) electrons. The van der Waals surface area contributed by atoms with Gasteiger partial charge >= 0.3 is 0 Å². The molecule has 1 unspecified atom stereocenters. The molecule has 1 aromatic heterocycles. The highest BCUT2D eigenvalue weighted by Gasteiger charge is 2.17. The molecule has 0 amide bonds. The molecule has 118 valence electrons. The summed E-state index contributed by atoms with van der Waals surface area (Å²) in [5.41, 5.74) is 0.464. The lowest BCUT2D eigenvalue weighted by molar-refractivity contribution is 0.445. The summed E-state index contributed by atoms with van der Waals surface area (Å²) in [4.78, 5) is 17.2. The van der Waals surface area contributed by atoms with Crippen molar-refractivity contribution >= 4 is 10.9 Å². The highest BCUT2D eigenvalue weighted by molar-refractivity contribution is 5.77. The smallest absolute Gasteiger partial charge is 0.261 e. The summed E-state index contributed by atoms with van der Waals surface area (Å²) in [5, 5.41) is 3.78. The fourth-order valence-corrected chi connectivity index (χ4v) is 3.27. The van der Waals surface area contributed by atoms with E-state index in [2.05, 4.69) is 10.3 Å². The minimum absolute atomic E-state index is 0.131. The maximum Gasteiger partial charge on any atom is 0.261 e. The van der Waals surface area contributed by atoms with Gasteiger partial charge in [-0.2, -0.15) is 0 Å². The Morgan fingerprint density at radius 1 is 1.36 bits per heavy atom. The zero-order valence-electron chi connectivity index (χ0n) is 12.9. The van der Waals surface area contributed by atoms with Crippen LogP contribution in [-0.2, 0) is 13.0 Å². The number of aromatic nitrogens is 2. The summed E-state index contributed by atoms with van der Waals surface area (Å²) in [7, 11) is 0. The van der Waals surface area contributed by atoms with Crippen LogP contribution >= 0.6 is 0 Å². The fraction of sp³-hybridized carbons (Fsp3) is 0.529. The predicted octanol–water partition coefficient (Wildman–Crippen LogP) is 2.49. The van der Waals surface area contributed by atoms with Crippen molar-refractivity contribution in [3.8, 4) is 0 Å². The van der Waals surface area contributed by atoms with E-state index in [1.165, 1.54) is 18.6 Å². The Labute approximate surface area is 129 Å². The lowest BCUT2D eigenvalue weighted by atomic mass is 9.96. The van der Waals surface area contributed by atoms with Gasteiger partial charge in [0.05, 0.1) is 10.9 Å². The summed E-state index contributed by atoms with van der Waals surface area (Å²) in [6, 6.07) is 4.25. The van der Waals surface area contributed by atoms with E-state index < -0.39 is 5.82 Å². The van der Waals surface area contributed by atoms with Gasteiger partial charge in [0.15, 0.2) is 0 Å². The van der Waals surface area contributed by atoms with E-state index in [0.717, 1.165) is 38.2 Å². The summed E-state index contributed by atoms with van der Waals surface area (Å²) < 4.78 is 15.1. The Balaban J connectivity index is 2.01. The first-order chi connectivity index (χ1) is 10.7. The zero-order chi connectivity index (χ0) is 15.5. The maximum absolute atomic E-state index is 13.4. The van der Waals surface area contributed by atoms with Gasteiger partial charge in [-0.25, -0.2) is 9.37 Å². The van der Waals surface area contributed by atoms with E-state index in [9.17, 15) is 9.18 Å². The van der Waals surface area contributed by atoms with Crippen molar-refractivity contribution in [1.29, 1.82) is 0 Å². The Morgan fingerprint density at radius 2 is 2.23 bits per heavy atom. The van der Waals surface area contributed by atoms with Crippen LogP contribution in [0.2, 0.25) is 0 Å². The monoisotopic (exact) mass is 303 g/mol. The molecule has 1 atom stereocenters. The Hall–Kier alpha value is -1.75. The van der Waals surface area contributed by atoms with Gasteiger partial charge in [0.2, 0.25) is 0 Å². The van der Waals surface area contributed by atoms with E-state index in [1.807, 2.05) is 6.92 Å². The molecule has 22 heavy (non-hydrogen) atoms. The molecule has 1 aromatic carbocycles. The van der Waals surface area contributed by atoms with E-state index in [0.29, 0.717) is 23.4 Å². The number of rotatable bonds is 3. The molecular formula is C17H22FN3O. The Bertz CT molecular complexity index is 718. The van der Waals surface area contributed by atoms with Gasteiger partial charge < -0.3 is 5.32 Å². The highest BCUT2D eigenvalue weighted by Crippen LogP contribution is 2.19.